The highest BCUT2D eigenvalue weighted by Crippen LogP contribution is 2.48. The summed E-state index contributed by atoms with van der Waals surface area (Å²) in [4.78, 5) is 31.4. The minimum atomic E-state index is -0.943. The molecule has 1 amide bonds. The summed E-state index contributed by atoms with van der Waals surface area (Å²) in [7, 11) is 1.68. The fraction of sp³-hybridized carbons (Fsp3) is 0.417. The van der Waals surface area contributed by atoms with Crippen LogP contribution in [0, 0.1) is 6.92 Å². The highest BCUT2D eigenvalue weighted by molar-refractivity contribution is 6.01. The molecule has 0 radical (unpaired) electrons. The largest absolute Gasteiger partial charge is 0.497 e. The second-order valence-electron chi connectivity index (χ2n) is 12.4. The average Bonchev–Trinajstić information content (AvgIpc) is 3.61. The van der Waals surface area contributed by atoms with Gasteiger partial charge in [0.05, 0.1) is 44.3 Å². The highest BCUT2D eigenvalue weighted by Gasteiger charge is 2.31. The van der Waals surface area contributed by atoms with Gasteiger partial charge in [0.2, 0.25) is 11.8 Å². The van der Waals surface area contributed by atoms with Crippen LogP contribution >= 0.6 is 0 Å². The Balaban J connectivity index is 1.34. The van der Waals surface area contributed by atoms with Crippen LogP contribution in [0.5, 0.6) is 5.75 Å². The first-order valence-corrected chi connectivity index (χ1v) is 16.0. The van der Waals surface area contributed by atoms with Gasteiger partial charge in [0.15, 0.2) is 0 Å². The molecular weight excluding hydrogens is 570 g/mol. The Morgan fingerprint density at radius 3 is 2.64 bits per heavy atom. The third-order valence-corrected chi connectivity index (χ3v) is 9.61. The van der Waals surface area contributed by atoms with E-state index in [1.807, 2.05) is 17.0 Å². The number of rotatable bonds is 7. The van der Waals surface area contributed by atoms with E-state index in [2.05, 4.69) is 34.7 Å². The molecule has 3 aliphatic rings. The van der Waals surface area contributed by atoms with E-state index in [1.54, 1.807) is 19.4 Å². The summed E-state index contributed by atoms with van der Waals surface area (Å²) in [5.41, 5.74) is 7.73. The number of morpholine rings is 1. The Morgan fingerprint density at radius 1 is 1.09 bits per heavy atom. The number of fused-ring (bicyclic) bond motifs is 5. The van der Waals surface area contributed by atoms with E-state index in [-0.39, 0.29) is 11.5 Å². The monoisotopic (exact) mass is 609 g/mol. The van der Waals surface area contributed by atoms with E-state index < -0.39 is 5.97 Å². The van der Waals surface area contributed by atoms with Crippen LogP contribution in [0.25, 0.3) is 33.8 Å². The number of hydrogen-bond donors (Lipinski definition) is 1. The number of benzene rings is 2. The molecule has 1 saturated heterocycles. The van der Waals surface area contributed by atoms with Gasteiger partial charge in [-0.1, -0.05) is 25.3 Å². The van der Waals surface area contributed by atoms with Gasteiger partial charge in [-0.3, -0.25) is 4.79 Å². The van der Waals surface area contributed by atoms with Crippen molar-refractivity contribution in [3.63, 3.8) is 0 Å². The van der Waals surface area contributed by atoms with Crippen LogP contribution < -0.4 is 4.74 Å². The van der Waals surface area contributed by atoms with E-state index in [9.17, 15) is 14.7 Å². The maximum atomic E-state index is 12.8. The fourth-order valence-electron chi connectivity index (χ4n) is 7.39. The number of amides is 1. The molecule has 2 fully saturated rings. The number of carboxylic acid groups (broad SMARTS) is 1. The van der Waals surface area contributed by atoms with Crippen molar-refractivity contribution in [3.05, 3.63) is 70.4 Å². The van der Waals surface area contributed by atoms with Gasteiger partial charge in [0.1, 0.15) is 11.5 Å². The molecule has 1 N–H and O–H groups in total. The van der Waals surface area contributed by atoms with Crippen molar-refractivity contribution in [1.82, 2.24) is 14.5 Å². The molecule has 2 aliphatic heterocycles. The van der Waals surface area contributed by atoms with Crippen molar-refractivity contribution >= 4 is 34.4 Å². The first kappa shape index (κ1) is 29.3. The second kappa shape index (κ2) is 12.2. The molecule has 234 valence electrons. The van der Waals surface area contributed by atoms with E-state index in [1.165, 1.54) is 24.8 Å². The summed E-state index contributed by atoms with van der Waals surface area (Å²) < 4.78 is 19.7. The van der Waals surface area contributed by atoms with Crippen molar-refractivity contribution in [1.29, 1.82) is 0 Å². The maximum absolute atomic E-state index is 12.8. The predicted octanol–water partition coefficient (Wildman–Crippen LogP) is 6.70. The smallest absolute Gasteiger partial charge is 0.335 e. The SMILES string of the molecule is COc1cc(C)c2c(c1)C=C(c1ncc(CCC(=O)N3CCOCC3)o1)Cn1c-2c(C2CCCCC2)c2ccc(C(=O)O)cc21. The lowest BCUT2D eigenvalue weighted by Crippen LogP contribution is -2.40. The van der Waals surface area contributed by atoms with Crippen LogP contribution in [0.4, 0.5) is 0 Å². The number of carbonyl (C=O) groups is 2. The lowest BCUT2D eigenvalue weighted by atomic mass is 9.81. The van der Waals surface area contributed by atoms with Gasteiger partial charge in [-0.25, -0.2) is 9.78 Å². The third-order valence-electron chi connectivity index (χ3n) is 9.61. The van der Waals surface area contributed by atoms with Crippen LogP contribution in [-0.2, 0) is 22.5 Å². The van der Waals surface area contributed by atoms with Gasteiger partial charge in [0.25, 0.3) is 0 Å². The minimum Gasteiger partial charge on any atom is -0.497 e. The molecule has 0 unspecified atom stereocenters. The Bertz CT molecular complexity index is 1800. The van der Waals surface area contributed by atoms with Crippen LogP contribution in [0.3, 0.4) is 0 Å². The van der Waals surface area contributed by atoms with Gasteiger partial charge in [0, 0.05) is 48.0 Å². The molecule has 9 nitrogen and oxygen atoms in total. The van der Waals surface area contributed by atoms with E-state index in [0.29, 0.717) is 63.3 Å². The third kappa shape index (κ3) is 5.54. The Morgan fingerprint density at radius 2 is 1.89 bits per heavy atom. The number of oxazole rings is 1. The van der Waals surface area contributed by atoms with Crippen molar-refractivity contribution in [2.24, 2.45) is 0 Å². The van der Waals surface area contributed by atoms with Gasteiger partial charge in [-0.15, -0.1) is 0 Å². The average molecular weight is 610 g/mol. The zero-order valence-corrected chi connectivity index (χ0v) is 25.9. The number of carboxylic acids is 1. The van der Waals surface area contributed by atoms with E-state index in [0.717, 1.165) is 57.5 Å². The number of aryl methyl sites for hydroxylation is 2. The van der Waals surface area contributed by atoms with Crippen molar-refractivity contribution in [2.75, 3.05) is 33.4 Å². The van der Waals surface area contributed by atoms with Crippen LogP contribution in [0.15, 0.2) is 40.9 Å². The first-order valence-electron chi connectivity index (χ1n) is 16.0. The predicted molar refractivity (Wildman–Crippen MR) is 172 cm³/mol. The number of carbonyl (C=O) groups excluding carboxylic acids is 1. The molecule has 1 saturated carbocycles. The minimum absolute atomic E-state index is 0.0920. The Labute approximate surface area is 262 Å². The summed E-state index contributed by atoms with van der Waals surface area (Å²) in [6.45, 7) is 4.97. The number of methoxy groups -OCH3 is 1. The quantitative estimate of drug-likeness (QED) is 0.248. The first-order chi connectivity index (χ1) is 21.9. The number of nitrogens with zero attached hydrogens (tertiary/aromatic N) is 3. The van der Waals surface area contributed by atoms with Crippen LogP contribution in [0.1, 0.15) is 83.1 Å². The molecule has 0 atom stereocenters. The Hall–Kier alpha value is -4.37. The molecule has 9 heteroatoms. The lowest BCUT2D eigenvalue weighted by Gasteiger charge is -2.26. The number of aromatic carboxylic acids is 1. The summed E-state index contributed by atoms with van der Waals surface area (Å²) >= 11 is 0. The molecule has 0 bridgehead atoms. The van der Waals surface area contributed by atoms with Crippen molar-refractivity contribution in [3.8, 4) is 17.0 Å². The summed E-state index contributed by atoms with van der Waals surface area (Å²) in [5, 5.41) is 11.0. The maximum Gasteiger partial charge on any atom is 0.335 e. The van der Waals surface area contributed by atoms with Gasteiger partial charge in [-0.05, 0) is 72.7 Å². The zero-order chi connectivity index (χ0) is 31.1. The van der Waals surface area contributed by atoms with E-state index in [4.69, 9.17) is 13.9 Å². The molecule has 4 heterocycles. The number of aromatic nitrogens is 2. The van der Waals surface area contributed by atoms with Crippen LogP contribution in [-0.4, -0.2) is 64.8 Å². The number of allylic oxidation sites excluding steroid dienone is 1. The van der Waals surface area contributed by atoms with E-state index >= 15 is 0 Å². The highest BCUT2D eigenvalue weighted by atomic mass is 16.5. The topological polar surface area (TPSA) is 107 Å². The molecule has 2 aromatic heterocycles. The molecule has 2 aromatic carbocycles. The van der Waals surface area contributed by atoms with Crippen LogP contribution in [0.2, 0.25) is 0 Å². The van der Waals surface area contributed by atoms with Gasteiger partial charge >= 0.3 is 5.97 Å². The summed E-state index contributed by atoms with van der Waals surface area (Å²) in [5.74, 6) is 1.47. The molecule has 45 heavy (non-hydrogen) atoms. The standard InChI is InChI=1S/C36H39N3O6/c1-22-16-28(43-2)18-25-17-26(35-37-20-27(45-35)9-11-31(40)38-12-14-44-15-13-38)21-39-30-19-24(36(41)42)8-10-29(30)33(34(39)32(22)25)23-6-4-3-5-7-23/h8,10,16-20,23H,3-7,9,11-15,21H2,1-2H3,(H,41,42). The summed E-state index contributed by atoms with van der Waals surface area (Å²) in [6, 6.07) is 9.68. The molecule has 1 aliphatic carbocycles. The molecule has 4 aromatic rings. The summed E-state index contributed by atoms with van der Waals surface area (Å²) in [6.07, 6.45) is 10.5. The normalized spacial score (nSPS) is 17.0. The van der Waals surface area contributed by atoms with Gasteiger partial charge in [-0.2, -0.15) is 0 Å². The zero-order valence-electron chi connectivity index (χ0n) is 25.9. The Kier molecular flexibility index (Phi) is 7.95. The molecule has 0 spiro atoms. The second-order valence-corrected chi connectivity index (χ2v) is 12.4. The number of ether oxygens (including phenoxy) is 2. The van der Waals surface area contributed by atoms with Crippen molar-refractivity contribution in [2.45, 2.75) is 64.3 Å². The molecule has 7 rings (SSSR count). The van der Waals surface area contributed by atoms with Crippen molar-refractivity contribution < 1.29 is 28.6 Å². The number of hydrogen-bond acceptors (Lipinski definition) is 6. The lowest BCUT2D eigenvalue weighted by molar-refractivity contribution is -0.135. The fourth-order valence-corrected chi connectivity index (χ4v) is 7.39. The molecular formula is C36H39N3O6. The van der Waals surface area contributed by atoms with Gasteiger partial charge < -0.3 is 28.5 Å².